The smallest absolute Gasteiger partial charge is 0.0541 e. The lowest BCUT2D eigenvalue weighted by molar-refractivity contribution is 0.281. The Balaban J connectivity index is 2.43. The highest BCUT2D eigenvalue weighted by atomic mass is 35.5. The van der Waals surface area contributed by atoms with E-state index < -0.39 is 0 Å². The van der Waals surface area contributed by atoms with Crippen LogP contribution in [0.4, 0.5) is 5.69 Å². The maximum atomic E-state index is 9.97. The third-order valence-electron chi connectivity index (χ3n) is 3.66. The lowest BCUT2D eigenvalue weighted by Gasteiger charge is -2.24. The van der Waals surface area contributed by atoms with Gasteiger partial charge in [-0.25, -0.2) is 0 Å². The molecule has 0 spiro atoms. The molecule has 0 fully saturated rings. The Kier molecular flexibility index (Phi) is 5.96. The summed E-state index contributed by atoms with van der Waals surface area (Å²) in [5.74, 6) is -0.218. The molecule has 0 radical (unpaired) electrons. The number of hydrogen-bond acceptors (Lipinski definition) is 2. The van der Waals surface area contributed by atoms with Gasteiger partial charge in [0.1, 0.15) is 0 Å². The van der Waals surface area contributed by atoms with Crippen LogP contribution in [0.1, 0.15) is 37.8 Å². The van der Waals surface area contributed by atoms with Crippen LogP contribution in [0.5, 0.6) is 0 Å². The molecule has 2 nitrogen and oxygen atoms in total. The van der Waals surface area contributed by atoms with E-state index in [1.807, 2.05) is 42.5 Å². The summed E-state index contributed by atoms with van der Waals surface area (Å²) in [7, 11) is 0. The summed E-state index contributed by atoms with van der Waals surface area (Å²) in [4.78, 5) is 0. The van der Waals surface area contributed by atoms with Gasteiger partial charge in [0, 0.05) is 28.2 Å². The van der Waals surface area contributed by atoms with Crippen molar-refractivity contribution in [3.63, 3.8) is 0 Å². The molecule has 0 aliphatic carbocycles. The number of aliphatic hydroxyl groups excluding tert-OH is 1. The average Bonchev–Trinajstić information content (AvgIpc) is 2.48. The lowest BCUT2D eigenvalue weighted by Crippen LogP contribution is -2.20. The van der Waals surface area contributed by atoms with Crippen molar-refractivity contribution < 1.29 is 5.11 Å². The van der Waals surface area contributed by atoms with Gasteiger partial charge in [-0.05, 0) is 40.8 Å². The molecule has 2 aromatic rings. The highest BCUT2D eigenvalue weighted by Crippen LogP contribution is 2.35. The SMILES string of the molecule is CC(C)(C)CNc1ccc(Cl)cc1C(CO)c1ccccc1Cl. The Labute approximate surface area is 148 Å². The second kappa shape index (κ2) is 7.57. The van der Waals surface area contributed by atoms with Crippen LogP contribution in [0.15, 0.2) is 42.5 Å². The number of halogens is 2. The van der Waals surface area contributed by atoms with Crippen LogP contribution in [-0.2, 0) is 0 Å². The number of aliphatic hydroxyl groups is 1. The molecule has 2 aromatic carbocycles. The second-order valence-corrected chi connectivity index (χ2v) is 7.75. The van der Waals surface area contributed by atoms with E-state index in [1.165, 1.54) is 0 Å². The first-order chi connectivity index (χ1) is 10.8. The zero-order valence-corrected chi connectivity index (χ0v) is 15.2. The Morgan fingerprint density at radius 2 is 1.74 bits per heavy atom. The van der Waals surface area contributed by atoms with E-state index in [1.54, 1.807) is 0 Å². The number of anilines is 1. The molecule has 4 heteroatoms. The van der Waals surface area contributed by atoms with Crippen molar-refractivity contribution in [3.8, 4) is 0 Å². The first-order valence-corrected chi connectivity index (χ1v) is 8.46. The minimum Gasteiger partial charge on any atom is -0.395 e. The zero-order valence-electron chi connectivity index (χ0n) is 13.7. The van der Waals surface area contributed by atoms with Crippen molar-refractivity contribution in [3.05, 3.63) is 63.6 Å². The van der Waals surface area contributed by atoms with E-state index in [0.29, 0.717) is 10.0 Å². The molecule has 23 heavy (non-hydrogen) atoms. The van der Waals surface area contributed by atoms with E-state index in [4.69, 9.17) is 23.2 Å². The van der Waals surface area contributed by atoms with Crippen LogP contribution in [-0.4, -0.2) is 18.3 Å². The summed E-state index contributed by atoms with van der Waals surface area (Å²) in [6, 6.07) is 13.3. The van der Waals surface area contributed by atoms with E-state index >= 15 is 0 Å². The Morgan fingerprint density at radius 3 is 2.35 bits per heavy atom. The molecular weight excluding hydrogens is 329 g/mol. The molecule has 0 aromatic heterocycles. The molecule has 124 valence electrons. The van der Waals surface area contributed by atoms with Crippen LogP contribution < -0.4 is 5.32 Å². The van der Waals surface area contributed by atoms with Crippen molar-refractivity contribution >= 4 is 28.9 Å². The highest BCUT2D eigenvalue weighted by molar-refractivity contribution is 6.31. The normalized spacial score (nSPS) is 13.0. The van der Waals surface area contributed by atoms with Crippen LogP contribution in [0.25, 0.3) is 0 Å². The molecule has 0 saturated heterocycles. The Hall–Kier alpha value is -1.22. The van der Waals surface area contributed by atoms with E-state index in [-0.39, 0.29) is 17.9 Å². The van der Waals surface area contributed by atoms with Crippen molar-refractivity contribution in [2.45, 2.75) is 26.7 Å². The fourth-order valence-electron chi connectivity index (χ4n) is 2.47. The van der Waals surface area contributed by atoms with Crippen LogP contribution >= 0.6 is 23.2 Å². The number of hydrogen-bond donors (Lipinski definition) is 2. The molecule has 0 aliphatic rings. The first kappa shape index (κ1) is 18.1. The van der Waals surface area contributed by atoms with Gasteiger partial charge >= 0.3 is 0 Å². The number of nitrogens with one attached hydrogen (secondary N) is 1. The molecule has 0 heterocycles. The molecular formula is C19H23Cl2NO. The van der Waals surface area contributed by atoms with Gasteiger partial charge in [0.05, 0.1) is 6.61 Å². The molecule has 0 amide bonds. The molecule has 1 atom stereocenters. The van der Waals surface area contributed by atoms with E-state index in [2.05, 4.69) is 26.1 Å². The maximum absolute atomic E-state index is 9.97. The van der Waals surface area contributed by atoms with Gasteiger partial charge in [0.15, 0.2) is 0 Å². The van der Waals surface area contributed by atoms with Gasteiger partial charge < -0.3 is 10.4 Å². The van der Waals surface area contributed by atoms with Gasteiger partial charge in [0.25, 0.3) is 0 Å². The molecule has 2 rings (SSSR count). The Morgan fingerprint density at radius 1 is 1.04 bits per heavy atom. The summed E-state index contributed by atoms with van der Waals surface area (Å²) >= 11 is 12.5. The summed E-state index contributed by atoms with van der Waals surface area (Å²) < 4.78 is 0. The maximum Gasteiger partial charge on any atom is 0.0541 e. The minimum absolute atomic E-state index is 0.0335. The van der Waals surface area contributed by atoms with Crippen molar-refractivity contribution in [1.29, 1.82) is 0 Å². The fraction of sp³-hybridized carbons (Fsp3) is 0.368. The van der Waals surface area contributed by atoms with Crippen molar-refractivity contribution in [2.24, 2.45) is 5.41 Å². The standard InChI is InChI=1S/C19H23Cl2NO/c1-19(2,3)12-22-18-9-8-13(20)10-15(18)16(11-23)14-6-4-5-7-17(14)21/h4-10,16,22-23H,11-12H2,1-3H3. The van der Waals surface area contributed by atoms with Gasteiger partial charge in [-0.1, -0.05) is 62.2 Å². The monoisotopic (exact) mass is 351 g/mol. The summed E-state index contributed by atoms with van der Waals surface area (Å²) in [6.45, 7) is 7.31. The molecule has 2 N–H and O–H groups in total. The van der Waals surface area contributed by atoms with E-state index in [9.17, 15) is 5.11 Å². The number of benzene rings is 2. The second-order valence-electron chi connectivity index (χ2n) is 6.90. The van der Waals surface area contributed by atoms with E-state index in [0.717, 1.165) is 23.4 Å². The third kappa shape index (κ3) is 4.87. The zero-order chi connectivity index (χ0) is 17.0. The lowest BCUT2D eigenvalue weighted by atomic mass is 9.90. The predicted molar refractivity (Wildman–Crippen MR) is 99.8 cm³/mol. The number of rotatable bonds is 5. The first-order valence-electron chi connectivity index (χ1n) is 7.70. The average molecular weight is 352 g/mol. The van der Waals surface area contributed by atoms with Crippen molar-refractivity contribution in [1.82, 2.24) is 0 Å². The summed E-state index contributed by atoms with van der Waals surface area (Å²) in [6.07, 6.45) is 0. The molecule has 0 aliphatic heterocycles. The van der Waals surface area contributed by atoms with Gasteiger partial charge in [0.2, 0.25) is 0 Å². The highest BCUT2D eigenvalue weighted by Gasteiger charge is 2.20. The Bertz CT molecular complexity index is 665. The quantitative estimate of drug-likeness (QED) is 0.737. The topological polar surface area (TPSA) is 32.3 Å². The largest absolute Gasteiger partial charge is 0.395 e. The van der Waals surface area contributed by atoms with Crippen LogP contribution in [0.3, 0.4) is 0 Å². The minimum atomic E-state index is -0.218. The van der Waals surface area contributed by atoms with Crippen LogP contribution in [0, 0.1) is 5.41 Å². The summed E-state index contributed by atoms with van der Waals surface area (Å²) in [5, 5.41) is 14.7. The molecule has 0 bridgehead atoms. The van der Waals surface area contributed by atoms with Crippen molar-refractivity contribution in [2.75, 3.05) is 18.5 Å². The molecule has 1 unspecified atom stereocenters. The van der Waals surface area contributed by atoms with Gasteiger partial charge in [-0.2, -0.15) is 0 Å². The summed E-state index contributed by atoms with van der Waals surface area (Å²) in [5.41, 5.74) is 2.98. The fourth-order valence-corrected chi connectivity index (χ4v) is 2.91. The third-order valence-corrected chi connectivity index (χ3v) is 4.24. The van der Waals surface area contributed by atoms with Crippen LogP contribution in [0.2, 0.25) is 10.0 Å². The predicted octanol–water partition coefficient (Wildman–Crippen LogP) is 5.58. The van der Waals surface area contributed by atoms with Gasteiger partial charge in [-0.3, -0.25) is 0 Å². The van der Waals surface area contributed by atoms with Gasteiger partial charge in [-0.15, -0.1) is 0 Å². The molecule has 0 saturated carbocycles.